The molecule has 1 aliphatic rings. The fourth-order valence-electron chi connectivity index (χ4n) is 3.57. The monoisotopic (exact) mass is 363 g/mol. The molecular weight excluding hydrogens is 338 g/mol. The first-order valence-electron chi connectivity index (χ1n) is 9.47. The molecule has 3 heterocycles. The summed E-state index contributed by atoms with van der Waals surface area (Å²) in [6.45, 7) is 7.35. The Balaban J connectivity index is 1.52. The molecule has 1 saturated heterocycles. The Hall–Kier alpha value is -2.73. The van der Waals surface area contributed by atoms with Gasteiger partial charge in [0.1, 0.15) is 5.82 Å². The van der Waals surface area contributed by atoms with E-state index in [1.807, 2.05) is 49.5 Å². The van der Waals surface area contributed by atoms with Crippen LogP contribution in [0.5, 0.6) is 0 Å². The summed E-state index contributed by atoms with van der Waals surface area (Å²) in [5.41, 5.74) is 2.95. The van der Waals surface area contributed by atoms with E-state index in [4.69, 9.17) is 4.52 Å². The second-order valence-corrected chi connectivity index (χ2v) is 7.13. The number of aromatic nitrogens is 3. The molecule has 0 radical (unpaired) electrons. The molecule has 6 heteroatoms. The summed E-state index contributed by atoms with van der Waals surface area (Å²) in [5, 5.41) is 4.14. The molecule has 1 aromatic carbocycles. The van der Waals surface area contributed by atoms with Crippen LogP contribution in [-0.4, -0.2) is 52.7 Å². The zero-order valence-electron chi connectivity index (χ0n) is 16.1. The van der Waals surface area contributed by atoms with E-state index in [0.29, 0.717) is 17.8 Å². The van der Waals surface area contributed by atoms with Gasteiger partial charge in [0.2, 0.25) is 5.82 Å². The van der Waals surface area contributed by atoms with E-state index in [1.54, 1.807) is 0 Å². The molecule has 1 aliphatic heterocycles. The van der Waals surface area contributed by atoms with E-state index >= 15 is 0 Å². The quantitative estimate of drug-likeness (QED) is 0.705. The number of benzene rings is 1. The summed E-state index contributed by atoms with van der Waals surface area (Å²) in [5.74, 6) is 2.11. The van der Waals surface area contributed by atoms with E-state index in [1.165, 1.54) is 0 Å². The predicted molar refractivity (Wildman–Crippen MR) is 107 cm³/mol. The largest absolute Gasteiger partial charge is 0.354 e. The average molecular weight is 363 g/mol. The van der Waals surface area contributed by atoms with Crippen LogP contribution in [0.25, 0.3) is 22.8 Å². The third kappa shape index (κ3) is 3.57. The van der Waals surface area contributed by atoms with Crippen LogP contribution >= 0.6 is 0 Å². The Bertz CT molecular complexity index is 905. The van der Waals surface area contributed by atoms with E-state index in [-0.39, 0.29) is 0 Å². The first-order valence-corrected chi connectivity index (χ1v) is 9.47. The van der Waals surface area contributed by atoms with Crippen molar-refractivity contribution < 1.29 is 4.52 Å². The molecule has 3 aromatic rings. The predicted octanol–water partition coefficient (Wildman–Crippen LogP) is 3.64. The van der Waals surface area contributed by atoms with Gasteiger partial charge in [-0.25, -0.2) is 4.98 Å². The summed E-state index contributed by atoms with van der Waals surface area (Å²) in [7, 11) is 2.20. The van der Waals surface area contributed by atoms with Gasteiger partial charge in [-0.2, -0.15) is 4.98 Å². The average Bonchev–Trinajstić information content (AvgIpc) is 3.19. The number of piperazine rings is 1. The highest BCUT2D eigenvalue weighted by Gasteiger charge is 2.23. The molecule has 4 rings (SSSR count). The minimum absolute atomic E-state index is 0.497. The lowest BCUT2D eigenvalue weighted by Crippen LogP contribution is -2.51. The molecule has 0 aliphatic carbocycles. The van der Waals surface area contributed by atoms with Crippen molar-refractivity contribution in [2.24, 2.45) is 0 Å². The lowest BCUT2D eigenvalue weighted by atomic mass is 10.1. The molecule has 2 aromatic heterocycles. The highest BCUT2D eigenvalue weighted by atomic mass is 16.5. The molecule has 6 nitrogen and oxygen atoms in total. The number of rotatable bonds is 4. The maximum absolute atomic E-state index is 5.47. The van der Waals surface area contributed by atoms with E-state index in [0.717, 1.165) is 48.6 Å². The van der Waals surface area contributed by atoms with Gasteiger partial charge in [0.15, 0.2) is 0 Å². The second-order valence-electron chi connectivity index (χ2n) is 7.13. The highest BCUT2D eigenvalue weighted by Crippen LogP contribution is 2.25. The SMILES string of the molecule is CCC1CN(c2ccc(-c3nc(-c4ccccc4C)no3)cn2)CCN1C. The Morgan fingerprint density at radius 3 is 2.74 bits per heavy atom. The van der Waals surface area contributed by atoms with Gasteiger partial charge in [-0.15, -0.1) is 0 Å². The summed E-state index contributed by atoms with van der Waals surface area (Å²) in [6, 6.07) is 12.7. The number of hydrogen-bond acceptors (Lipinski definition) is 6. The topological polar surface area (TPSA) is 58.3 Å². The number of nitrogens with zero attached hydrogens (tertiary/aromatic N) is 5. The third-order valence-electron chi connectivity index (χ3n) is 5.38. The molecule has 0 N–H and O–H groups in total. The lowest BCUT2D eigenvalue weighted by molar-refractivity contribution is 0.213. The molecule has 1 fully saturated rings. The van der Waals surface area contributed by atoms with Gasteiger partial charge in [0.25, 0.3) is 5.89 Å². The number of hydrogen-bond donors (Lipinski definition) is 0. The summed E-state index contributed by atoms with van der Waals surface area (Å²) in [6.07, 6.45) is 2.97. The lowest BCUT2D eigenvalue weighted by Gasteiger charge is -2.39. The number of pyridine rings is 1. The standard InChI is InChI=1S/C21H25N5O/c1-4-17-14-26(12-11-25(17)3)19-10-9-16(13-22-19)21-23-20(24-27-21)18-8-6-5-7-15(18)2/h5-10,13,17H,4,11-12,14H2,1-3H3. The molecule has 1 unspecified atom stereocenters. The molecule has 0 spiro atoms. The fourth-order valence-corrected chi connectivity index (χ4v) is 3.57. The van der Waals surface area contributed by atoms with Gasteiger partial charge in [0, 0.05) is 37.4 Å². The zero-order chi connectivity index (χ0) is 18.8. The van der Waals surface area contributed by atoms with Crippen LogP contribution in [-0.2, 0) is 0 Å². The Kier molecular flexibility index (Phi) is 4.90. The first kappa shape index (κ1) is 17.7. The smallest absolute Gasteiger partial charge is 0.259 e. The van der Waals surface area contributed by atoms with Crippen molar-refractivity contribution in [1.29, 1.82) is 0 Å². The van der Waals surface area contributed by atoms with Gasteiger partial charge in [-0.3, -0.25) is 4.90 Å². The van der Waals surface area contributed by atoms with Crippen molar-refractivity contribution in [2.75, 3.05) is 31.6 Å². The molecule has 0 saturated carbocycles. The second kappa shape index (κ2) is 7.48. The summed E-state index contributed by atoms with van der Waals surface area (Å²) >= 11 is 0. The molecule has 140 valence electrons. The van der Waals surface area contributed by atoms with Gasteiger partial charge in [-0.1, -0.05) is 36.3 Å². The molecule has 27 heavy (non-hydrogen) atoms. The van der Waals surface area contributed by atoms with Crippen molar-refractivity contribution in [1.82, 2.24) is 20.0 Å². The number of anilines is 1. The molecule has 1 atom stereocenters. The van der Waals surface area contributed by atoms with Gasteiger partial charge in [-0.05, 0) is 38.1 Å². The van der Waals surface area contributed by atoms with Gasteiger partial charge >= 0.3 is 0 Å². The van der Waals surface area contributed by atoms with Gasteiger partial charge in [0.05, 0.1) is 5.56 Å². The van der Waals surface area contributed by atoms with Crippen LogP contribution in [0.2, 0.25) is 0 Å². The van der Waals surface area contributed by atoms with E-state index in [9.17, 15) is 0 Å². The van der Waals surface area contributed by atoms with Crippen LogP contribution < -0.4 is 4.90 Å². The first-order chi connectivity index (χ1) is 13.2. The summed E-state index contributed by atoms with van der Waals surface area (Å²) < 4.78 is 5.47. The van der Waals surface area contributed by atoms with Crippen molar-refractivity contribution >= 4 is 5.82 Å². The minimum atomic E-state index is 0.497. The van der Waals surface area contributed by atoms with Crippen molar-refractivity contribution in [3.63, 3.8) is 0 Å². The van der Waals surface area contributed by atoms with Gasteiger partial charge < -0.3 is 9.42 Å². The normalized spacial score (nSPS) is 18.0. The van der Waals surface area contributed by atoms with Crippen molar-refractivity contribution in [3.05, 3.63) is 48.2 Å². The van der Waals surface area contributed by atoms with E-state index < -0.39 is 0 Å². The van der Waals surface area contributed by atoms with Crippen molar-refractivity contribution in [2.45, 2.75) is 26.3 Å². The number of likely N-dealkylation sites (N-methyl/N-ethyl adjacent to an activating group) is 1. The Labute approximate surface area is 159 Å². The maximum Gasteiger partial charge on any atom is 0.259 e. The fraction of sp³-hybridized carbons (Fsp3) is 0.381. The molecule has 0 amide bonds. The maximum atomic E-state index is 5.47. The molecular formula is C21H25N5O. The van der Waals surface area contributed by atoms with E-state index in [2.05, 4.69) is 38.9 Å². The minimum Gasteiger partial charge on any atom is -0.354 e. The Morgan fingerprint density at radius 2 is 2.00 bits per heavy atom. The Morgan fingerprint density at radius 1 is 1.15 bits per heavy atom. The van der Waals surface area contributed by atoms with Crippen LogP contribution in [0.3, 0.4) is 0 Å². The van der Waals surface area contributed by atoms with Crippen molar-refractivity contribution in [3.8, 4) is 22.8 Å². The highest BCUT2D eigenvalue weighted by molar-refractivity contribution is 5.62. The summed E-state index contributed by atoms with van der Waals surface area (Å²) in [4.78, 5) is 14.0. The van der Waals surface area contributed by atoms with Crippen LogP contribution in [0.1, 0.15) is 18.9 Å². The van der Waals surface area contributed by atoms with Crippen LogP contribution in [0, 0.1) is 6.92 Å². The third-order valence-corrected chi connectivity index (χ3v) is 5.38. The van der Waals surface area contributed by atoms with Crippen LogP contribution in [0.15, 0.2) is 47.1 Å². The molecule has 0 bridgehead atoms. The number of aryl methyl sites for hydroxylation is 1. The zero-order valence-corrected chi connectivity index (χ0v) is 16.1. The van der Waals surface area contributed by atoms with Crippen LogP contribution in [0.4, 0.5) is 5.82 Å².